The number of carbonyl (C=O) groups excluding carboxylic acids is 1. The van der Waals surface area contributed by atoms with Crippen molar-refractivity contribution in [2.45, 2.75) is 53.0 Å². The Balaban J connectivity index is 1.98. The van der Waals surface area contributed by atoms with Crippen molar-refractivity contribution in [2.75, 3.05) is 51.2 Å². The number of nitrogens with one attached hydrogen (secondary N) is 1. The van der Waals surface area contributed by atoms with Gasteiger partial charge in [0.15, 0.2) is 5.96 Å². The highest BCUT2D eigenvalue weighted by atomic mass is 16.2. The summed E-state index contributed by atoms with van der Waals surface area (Å²) in [6, 6.07) is 4.22. The molecule has 0 radical (unpaired) electrons. The van der Waals surface area contributed by atoms with Gasteiger partial charge >= 0.3 is 0 Å². The van der Waals surface area contributed by atoms with E-state index in [9.17, 15) is 4.79 Å². The molecule has 0 atom stereocenters. The number of hydrogen-bond donors (Lipinski definition) is 1. The molecule has 0 bridgehead atoms. The van der Waals surface area contributed by atoms with Gasteiger partial charge in [0, 0.05) is 46.0 Å². The molecule has 1 aliphatic heterocycles. The van der Waals surface area contributed by atoms with Gasteiger partial charge in [0.2, 0.25) is 5.91 Å². The highest BCUT2D eigenvalue weighted by Gasteiger charge is 2.15. The highest BCUT2D eigenvalue weighted by Crippen LogP contribution is 2.17. The summed E-state index contributed by atoms with van der Waals surface area (Å²) in [6.07, 6.45) is 7.06. The third-order valence-corrected chi connectivity index (χ3v) is 5.34. The SMILES string of the molecule is CCNC(=NCc1ccc(N2CCCCCC2)nc1)N(C)CC(=O)N(CC)CC. The Hall–Kier alpha value is -2.31. The number of guanidine groups is 1. The van der Waals surface area contributed by atoms with Crippen LogP contribution in [-0.4, -0.2) is 73.0 Å². The fraction of sp³-hybridized carbons (Fsp3) is 0.682. The van der Waals surface area contributed by atoms with Gasteiger partial charge in [-0.2, -0.15) is 0 Å². The number of likely N-dealkylation sites (N-methyl/N-ethyl adjacent to an activating group) is 2. The first-order valence-corrected chi connectivity index (χ1v) is 11.1. The van der Waals surface area contributed by atoms with Gasteiger partial charge in [-0.25, -0.2) is 9.98 Å². The van der Waals surface area contributed by atoms with Crippen LogP contribution in [0.15, 0.2) is 23.3 Å². The van der Waals surface area contributed by atoms with Crippen LogP contribution in [0, 0.1) is 0 Å². The van der Waals surface area contributed by atoms with E-state index < -0.39 is 0 Å². The van der Waals surface area contributed by atoms with Crippen molar-refractivity contribution in [1.82, 2.24) is 20.1 Å². The van der Waals surface area contributed by atoms with E-state index in [-0.39, 0.29) is 5.91 Å². The van der Waals surface area contributed by atoms with Crippen LogP contribution < -0.4 is 10.2 Å². The molecule has 1 aliphatic rings. The molecule has 0 saturated carbocycles. The van der Waals surface area contributed by atoms with Crippen LogP contribution in [0.2, 0.25) is 0 Å². The van der Waals surface area contributed by atoms with Crippen molar-refractivity contribution < 1.29 is 4.79 Å². The van der Waals surface area contributed by atoms with Crippen molar-refractivity contribution >= 4 is 17.7 Å². The van der Waals surface area contributed by atoms with Crippen LogP contribution in [0.1, 0.15) is 52.0 Å². The maximum Gasteiger partial charge on any atom is 0.242 e. The Bertz CT molecular complexity index is 633. The van der Waals surface area contributed by atoms with E-state index in [1.54, 1.807) is 0 Å². The van der Waals surface area contributed by atoms with Crippen LogP contribution in [0.25, 0.3) is 0 Å². The number of aromatic nitrogens is 1. The standard InChI is InChI=1S/C22H38N6O/c1-5-23-22(26(4)18-21(29)27(6-2)7-3)25-17-19-12-13-20(24-16-19)28-14-10-8-9-11-15-28/h12-13,16H,5-11,14-15,17-18H2,1-4H3,(H,23,25). The van der Waals surface area contributed by atoms with Gasteiger partial charge in [0.05, 0.1) is 13.1 Å². The summed E-state index contributed by atoms with van der Waals surface area (Å²) in [4.78, 5) is 27.9. The highest BCUT2D eigenvalue weighted by molar-refractivity contribution is 5.86. The molecule has 162 valence electrons. The largest absolute Gasteiger partial charge is 0.357 e. The summed E-state index contributed by atoms with van der Waals surface area (Å²) in [5, 5.41) is 3.28. The lowest BCUT2D eigenvalue weighted by atomic mass is 10.2. The number of rotatable bonds is 8. The predicted octanol–water partition coefficient (Wildman–Crippen LogP) is 2.73. The first-order chi connectivity index (χ1) is 14.1. The van der Waals surface area contributed by atoms with Crippen LogP contribution in [0.3, 0.4) is 0 Å². The number of anilines is 1. The first-order valence-electron chi connectivity index (χ1n) is 11.1. The van der Waals surface area contributed by atoms with Crippen molar-refractivity contribution in [3.05, 3.63) is 23.9 Å². The van der Waals surface area contributed by atoms with Gasteiger partial charge in [-0.3, -0.25) is 4.79 Å². The van der Waals surface area contributed by atoms with Crippen LogP contribution >= 0.6 is 0 Å². The Labute approximate surface area is 176 Å². The Morgan fingerprint density at radius 1 is 1.14 bits per heavy atom. The van der Waals surface area contributed by atoms with E-state index in [0.717, 1.165) is 50.1 Å². The smallest absolute Gasteiger partial charge is 0.242 e. The average molecular weight is 403 g/mol. The molecule has 7 nitrogen and oxygen atoms in total. The molecule has 2 heterocycles. The summed E-state index contributed by atoms with van der Waals surface area (Å²) in [6.45, 7) is 11.3. The normalized spacial score (nSPS) is 15.0. The third-order valence-electron chi connectivity index (χ3n) is 5.34. The lowest BCUT2D eigenvalue weighted by Gasteiger charge is -2.25. The topological polar surface area (TPSA) is 64.1 Å². The van der Waals surface area contributed by atoms with Crippen LogP contribution in [0.4, 0.5) is 5.82 Å². The number of nitrogens with zero attached hydrogens (tertiary/aromatic N) is 5. The minimum Gasteiger partial charge on any atom is -0.357 e. The molecule has 2 rings (SSSR count). The van der Waals surface area contributed by atoms with Gasteiger partial charge < -0.3 is 20.0 Å². The second kappa shape index (κ2) is 12.3. The van der Waals surface area contributed by atoms with Gasteiger partial charge in [-0.05, 0) is 45.2 Å². The van der Waals surface area contributed by atoms with Crippen LogP contribution in [0.5, 0.6) is 0 Å². The van der Waals surface area contributed by atoms with Gasteiger partial charge in [0.25, 0.3) is 0 Å². The Morgan fingerprint density at radius 2 is 1.83 bits per heavy atom. The monoisotopic (exact) mass is 402 g/mol. The van der Waals surface area contributed by atoms with Crippen molar-refractivity contribution in [3.63, 3.8) is 0 Å². The van der Waals surface area contributed by atoms with E-state index in [1.165, 1.54) is 25.7 Å². The quantitative estimate of drug-likeness (QED) is 0.535. The molecule has 0 spiro atoms. The van der Waals surface area contributed by atoms with Gasteiger partial charge in [-0.15, -0.1) is 0 Å². The Kier molecular flexibility index (Phi) is 9.74. The second-order valence-corrected chi connectivity index (χ2v) is 7.52. The van der Waals surface area contributed by atoms with E-state index in [4.69, 9.17) is 4.99 Å². The zero-order valence-corrected chi connectivity index (χ0v) is 18.7. The zero-order chi connectivity index (χ0) is 21.1. The van der Waals surface area contributed by atoms with Gasteiger partial charge in [-0.1, -0.05) is 18.9 Å². The van der Waals surface area contributed by atoms with Crippen molar-refractivity contribution in [1.29, 1.82) is 0 Å². The molecule has 7 heteroatoms. The molecule has 1 amide bonds. The van der Waals surface area contributed by atoms with E-state index >= 15 is 0 Å². The zero-order valence-electron chi connectivity index (χ0n) is 18.7. The molecular formula is C22H38N6O. The van der Waals surface area contributed by atoms with Crippen molar-refractivity contribution in [3.8, 4) is 0 Å². The lowest BCUT2D eigenvalue weighted by molar-refractivity contribution is -0.131. The number of hydrogen-bond acceptors (Lipinski definition) is 4. The van der Waals surface area contributed by atoms with Gasteiger partial charge in [0.1, 0.15) is 5.82 Å². The summed E-state index contributed by atoms with van der Waals surface area (Å²) >= 11 is 0. The number of carbonyl (C=O) groups is 1. The maximum absolute atomic E-state index is 12.4. The second-order valence-electron chi connectivity index (χ2n) is 7.52. The van der Waals surface area contributed by atoms with Crippen molar-refractivity contribution in [2.24, 2.45) is 4.99 Å². The molecular weight excluding hydrogens is 364 g/mol. The average Bonchev–Trinajstić information content (AvgIpc) is 3.02. The minimum atomic E-state index is 0.117. The maximum atomic E-state index is 12.4. The molecule has 1 aromatic heterocycles. The number of amides is 1. The van der Waals surface area contributed by atoms with E-state index in [2.05, 4.69) is 27.3 Å². The fourth-order valence-electron chi connectivity index (χ4n) is 3.59. The number of aliphatic imine (C=N–C) groups is 1. The third kappa shape index (κ3) is 7.22. The molecule has 1 saturated heterocycles. The molecule has 0 unspecified atom stereocenters. The van der Waals surface area contributed by atoms with E-state index in [0.29, 0.717) is 13.1 Å². The predicted molar refractivity (Wildman–Crippen MR) is 120 cm³/mol. The lowest BCUT2D eigenvalue weighted by Crippen LogP contribution is -2.45. The fourth-order valence-corrected chi connectivity index (χ4v) is 3.59. The number of pyridine rings is 1. The molecule has 29 heavy (non-hydrogen) atoms. The summed E-state index contributed by atoms with van der Waals surface area (Å²) < 4.78 is 0. The molecule has 0 aromatic carbocycles. The molecule has 1 N–H and O–H groups in total. The Morgan fingerprint density at radius 3 is 2.38 bits per heavy atom. The molecule has 0 aliphatic carbocycles. The molecule has 1 fully saturated rings. The summed E-state index contributed by atoms with van der Waals surface area (Å²) in [5.41, 5.74) is 1.07. The summed E-state index contributed by atoms with van der Waals surface area (Å²) in [5.74, 6) is 1.92. The van der Waals surface area contributed by atoms with Crippen LogP contribution in [-0.2, 0) is 11.3 Å². The molecule has 1 aromatic rings. The van der Waals surface area contributed by atoms with E-state index in [1.807, 2.05) is 43.8 Å². The first kappa shape index (κ1) is 23.0. The summed E-state index contributed by atoms with van der Waals surface area (Å²) in [7, 11) is 1.91. The minimum absolute atomic E-state index is 0.117.